The Kier molecular flexibility index (Phi) is 5.03. The summed E-state index contributed by atoms with van der Waals surface area (Å²) < 4.78 is 0. The minimum atomic E-state index is -1.54. The van der Waals surface area contributed by atoms with Crippen molar-refractivity contribution < 1.29 is 4.79 Å². The normalized spacial score (nSPS) is 14.9. The summed E-state index contributed by atoms with van der Waals surface area (Å²) in [5, 5.41) is 3.05. The van der Waals surface area contributed by atoms with Crippen LogP contribution in [0.25, 0.3) is 0 Å². The van der Waals surface area contributed by atoms with Gasteiger partial charge in [-0.2, -0.15) is 0 Å². The molecule has 5 nitrogen and oxygen atoms in total. The Morgan fingerprint density at radius 3 is 2.32 bits per heavy atom. The molecule has 2 unspecified atom stereocenters. The van der Waals surface area contributed by atoms with Gasteiger partial charge in [0.2, 0.25) is 5.00 Å². The van der Waals surface area contributed by atoms with Crippen molar-refractivity contribution in [2.24, 2.45) is 11.6 Å². The SMILES string of the molecule is CC(NN)c1ccccc1NC(Cl)(C(N)=O)c1ccccc1. The van der Waals surface area contributed by atoms with E-state index in [0.717, 1.165) is 5.56 Å². The number of benzene rings is 2. The zero-order valence-corrected chi connectivity index (χ0v) is 13.0. The number of nitrogens with two attached hydrogens (primary N) is 2. The lowest BCUT2D eigenvalue weighted by atomic mass is 10.0. The van der Waals surface area contributed by atoms with Crippen LogP contribution in [0.5, 0.6) is 0 Å². The first-order valence-electron chi connectivity index (χ1n) is 6.86. The van der Waals surface area contributed by atoms with E-state index in [-0.39, 0.29) is 6.04 Å². The molecular formula is C16H19ClN4O. The average molecular weight is 319 g/mol. The van der Waals surface area contributed by atoms with Crippen LogP contribution in [-0.4, -0.2) is 5.91 Å². The summed E-state index contributed by atoms with van der Waals surface area (Å²) in [6.45, 7) is 1.91. The third-order valence-electron chi connectivity index (χ3n) is 3.50. The van der Waals surface area contributed by atoms with Crippen LogP contribution in [0.15, 0.2) is 54.6 Å². The number of carbonyl (C=O) groups is 1. The number of nitrogens with one attached hydrogen (secondary N) is 2. The Balaban J connectivity index is 2.44. The van der Waals surface area contributed by atoms with E-state index in [0.29, 0.717) is 11.3 Å². The highest BCUT2D eigenvalue weighted by atomic mass is 35.5. The van der Waals surface area contributed by atoms with E-state index in [1.54, 1.807) is 24.3 Å². The molecule has 0 aliphatic heterocycles. The standard InChI is InChI=1S/C16H19ClN4O/c1-11(21-19)13-9-5-6-10-14(13)20-16(17,15(18)22)12-7-3-2-4-8-12/h2-11,20-21H,19H2,1H3,(H2,18,22). The summed E-state index contributed by atoms with van der Waals surface area (Å²) in [6, 6.07) is 16.3. The summed E-state index contributed by atoms with van der Waals surface area (Å²) in [7, 11) is 0. The molecule has 0 fully saturated rings. The minimum Gasteiger partial charge on any atom is -0.366 e. The molecule has 116 valence electrons. The Bertz CT molecular complexity index is 650. The van der Waals surface area contributed by atoms with Crippen LogP contribution >= 0.6 is 11.6 Å². The second-order valence-electron chi connectivity index (χ2n) is 4.99. The fraction of sp³-hybridized carbons (Fsp3) is 0.188. The molecule has 0 aromatic heterocycles. The van der Waals surface area contributed by atoms with Gasteiger partial charge in [0.25, 0.3) is 5.91 Å². The summed E-state index contributed by atoms with van der Waals surface area (Å²) in [6.07, 6.45) is 0. The quantitative estimate of drug-likeness (QED) is 0.284. The Morgan fingerprint density at radius 1 is 1.14 bits per heavy atom. The number of halogens is 1. The lowest BCUT2D eigenvalue weighted by Gasteiger charge is -2.28. The fourth-order valence-electron chi connectivity index (χ4n) is 2.21. The third-order valence-corrected chi connectivity index (χ3v) is 3.99. The molecule has 22 heavy (non-hydrogen) atoms. The molecule has 2 aromatic carbocycles. The van der Waals surface area contributed by atoms with Crippen LogP contribution < -0.4 is 22.3 Å². The number of hydrogen-bond donors (Lipinski definition) is 4. The number of amides is 1. The van der Waals surface area contributed by atoms with Crippen LogP contribution in [0.4, 0.5) is 5.69 Å². The van der Waals surface area contributed by atoms with E-state index in [9.17, 15) is 4.79 Å². The maximum absolute atomic E-state index is 12.0. The van der Waals surface area contributed by atoms with E-state index in [2.05, 4.69) is 10.7 Å². The molecule has 0 heterocycles. The van der Waals surface area contributed by atoms with Gasteiger partial charge in [-0.15, -0.1) is 0 Å². The topological polar surface area (TPSA) is 93.2 Å². The van der Waals surface area contributed by atoms with Crippen molar-refractivity contribution in [3.63, 3.8) is 0 Å². The van der Waals surface area contributed by atoms with Gasteiger partial charge in [-0.1, -0.05) is 60.1 Å². The average Bonchev–Trinajstić information content (AvgIpc) is 2.55. The largest absolute Gasteiger partial charge is 0.366 e. The van der Waals surface area contributed by atoms with Crippen molar-refractivity contribution in [1.82, 2.24) is 5.43 Å². The van der Waals surface area contributed by atoms with Gasteiger partial charge in [-0.3, -0.25) is 16.1 Å². The molecule has 0 spiro atoms. The predicted molar refractivity (Wildman–Crippen MR) is 89.0 cm³/mol. The molecule has 6 N–H and O–H groups in total. The summed E-state index contributed by atoms with van der Waals surface area (Å²) in [5.74, 6) is 4.83. The van der Waals surface area contributed by atoms with Crippen molar-refractivity contribution in [2.75, 3.05) is 5.32 Å². The van der Waals surface area contributed by atoms with E-state index >= 15 is 0 Å². The second-order valence-corrected chi connectivity index (χ2v) is 5.56. The van der Waals surface area contributed by atoms with Gasteiger partial charge in [-0.05, 0) is 18.6 Å². The number of anilines is 1. The molecule has 0 aliphatic rings. The van der Waals surface area contributed by atoms with Crippen LogP contribution in [0.1, 0.15) is 24.1 Å². The van der Waals surface area contributed by atoms with Crippen molar-refractivity contribution in [2.45, 2.75) is 18.0 Å². The number of alkyl halides is 1. The molecule has 0 radical (unpaired) electrons. The summed E-state index contributed by atoms with van der Waals surface area (Å²) in [5.41, 5.74) is 10.4. The molecule has 2 rings (SSSR count). The highest BCUT2D eigenvalue weighted by Crippen LogP contribution is 2.33. The molecule has 0 saturated heterocycles. The molecule has 0 saturated carbocycles. The second kappa shape index (κ2) is 6.79. The van der Waals surface area contributed by atoms with Crippen molar-refractivity contribution in [1.29, 1.82) is 0 Å². The maximum atomic E-state index is 12.0. The van der Waals surface area contributed by atoms with Gasteiger partial charge in [0.05, 0.1) is 0 Å². The molecular weight excluding hydrogens is 300 g/mol. The summed E-state index contributed by atoms with van der Waals surface area (Å²) in [4.78, 5) is 10.4. The zero-order chi connectivity index (χ0) is 16.2. The van der Waals surface area contributed by atoms with E-state index in [4.69, 9.17) is 23.2 Å². The Morgan fingerprint density at radius 2 is 1.73 bits per heavy atom. The van der Waals surface area contributed by atoms with Gasteiger partial charge >= 0.3 is 0 Å². The summed E-state index contributed by atoms with van der Waals surface area (Å²) >= 11 is 6.52. The van der Waals surface area contributed by atoms with Crippen LogP contribution in [0, 0.1) is 0 Å². The predicted octanol–water partition coefficient (Wildman–Crippen LogP) is 2.20. The Hall–Kier alpha value is -2.08. The molecule has 2 aromatic rings. The first-order chi connectivity index (χ1) is 10.5. The number of rotatable bonds is 6. The smallest absolute Gasteiger partial charge is 0.263 e. The lowest BCUT2D eigenvalue weighted by Crippen LogP contribution is -2.43. The Labute approximate surface area is 134 Å². The lowest BCUT2D eigenvalue weighted by molar-refractivity contribution is -0.120. The van der Waals surface area contributed by atoms with Gasteiger partial charge in [-0.25, -0.2) is 0 Å². The molecule has 1 amide bonds. The van der Waals surface area contributed by atoms with E-state index in [1.807, 2.05) is 37.3 Å². The van der Waals surface area contributed by atoms with E-state index in [1.165, 1.54) is 0 Å². The number of hydrogen-bond acceptors (Lipinski definition) is 4. The number of carbonyl (C=O) groups excluding carboxylic acids is 1. The van der Waals surface area contributed by atoms with Gasteiger partial charge < -0.3 is 11.1 Å². The first kappa shape index (κ1) is 16.3. The molecule has 0 bridgehead atoms. The van der Waals surface area contributed by atoms with Crippen molar-refractivity contribution in [3.8, 4) is 0 Å². The van der Waals surface area contributed by atoms with Crippen molar-refractivity contribution >= 4 is 23.2 Å². The van der Waals surface area contributed by atoms with Crippen LogP contribution in [0.3, 0.4) is 0 Å². The molecule has 6 heteroatoms. The van der Waals surface area contributed by atoms with E-state index < -0.39 is 10.9 Å². The van der Waals surface area contributed by atoms with Crippen LogP contribution in [0.2, 0.25) is 0 Å². The number of para-hydroxylation sites is 1. The highest BCUT2D eigenvalue weighted by Gasteiger charge is 2.36. The minimum absolute atomic E-state index is 0.117. The highest BCUT2D eigenvalue weighted by molar-refractivity contribution is 6.35. The van der Waals surface area contributed by atoms with Crippen LogP contribution in [-0.2, 0) is 9.79 Å². The number of primary amides is 1. The first-order valence-corrected chi connectivity index (χ1v) is 7.24. The van der Waals surface area contributed by atoms with Gasteiger partial charge in [0, 0.05) is 17.3 Å². The fourth-order valence-corrected chi connectivity index (χ4v) is 2.44. The molecule has 0 aliphatic carbocycles. The monoisotopic (exact) mass is 318 g/mol. The maximum Gasteiger partial charge on any atom is 0.263 e. The zero-order valence-electron chi connectivity index (χ0n) is 12.2. The number of hydrazine groups is 1. The van der Waals surface area contributed by atoms with Gasteiger partial charge in [0.1, 0.15) is 0 Å². The van der Waals surface area contributed by atoms with Gasteiger partial charge in [0.15, 0.2) is 0 Å². The molecule has 2 atom stereocenters. The third kappa shape index (κ3) is 3.22. The van der Waals surface area contributed by atoms with Crippen molar-refractivity contribution in [3.05, 3.63) is 65.7 Å².